The second-order valence-corrected chi connectivity index (χ2v) is 5.24. The van der Waals surface area contributed by atoms with Gasteiger partial charge in [-0.15, -0.1) is 0 Å². The Morgan fingerprint density at radius 1 is 1.04 bits per heavy atom. The molecule has 3 N–H and O–H groups in total. The number of H-pyrrole nitrogens is 1. The third kappa shape index (κ3) is 3.64. The Morgan fingerprint density at radius 2 is 1.78 bits per heavy atom. The Balaban J connectivity index is 1.61. The first-order valence-electron chi connectivity index (χ1n) is 7.34. The Labute approximate surface area is 134 Å². The minimum atomic E-state index is -0.907. The molecule has 0 atom stereocenters. The van der Waals surface area contributed by atoms with Crippen LogP contribution in [0.25, 0.3) is 11.3 Å². The number of aromatic amines is 1. The van der Waals surface area contributed by atoms with Crippen molar-refractivity contribution in [3.8, 4) is 11.3 Å². The molecule has 0 aliphatic carbocycles. The predicted molar refractivity (Wildman–Crippen MR) is 88.0 cm³/mol. The van der Waals surface area contributed by atoms with E-state index in [-0.39, 0.29) is 0 Å². The van der Waals surface area contributed by atoms with Gasteiger partial charge in [-0.25, -0.2) is 4.79 Å². The van der Waals surface area contributed by atoms with E-state index in [0.717, 1.165) is 22.4 Å². The molecule has 1 aromatic heterocycles. The lowest BCUT2D eigenvalue weighted by atomic mass is 10.1. The molecule has 0 fully saturated rings. The molecule has 0 spiro atoms. The molecule has 116 valence electrons. The fourth-order valence-corrected chi connectivity index (χ4v) is 2.41. The Hall–Kier alpha value is -2.92. The summed E-state index contributed by atoms with van der Waals surface area (Å²) in [4.78, 5) is 10.8. The van der Waals surface area contributed by atoms with E-state index in [4.69, 9.17) is 5.11 Å². The summed E-state index contributed by atoms with van der Waals surface area (Å²) in [5, 5.41) is 19.4. The maximum absolute atomic E-state index is 10.8. The zero-order chi connectivity index (χ0) is 16.1. The van der Waals surface area contributed by atoms with Crippen LogP contribution in [0.1, 0.15) is 21.5 Å². The summed E-state index contributed by atoms with van der Waals surface area (Å²) in [7, 11) is 0. The molecular weight excluding hydrogens is 290 g/mol. The van der Waals surface area contributed by atoms with Crippen LogP contribution in [0.15, 0.2) is 60.8 Å². The van der Waals surface area contributed by atoms with Crippen molar-refractivity contribution in [2.75, 3.05) is 0 Å². The number of rotatable bonds is 6. The van der Waals surface area contributed by atoms with Crippen LogP contribution in [-0.2, 0) is 13.1 Å². The fourth-order valence-electron chi connectivity index (χ4n) is 2.41. The normalized spacial score (nSPS) is 10.6. The molecule has 0 aliphatic heterocycles. The van der Waals surface area contributed by atoms with Gasteiger partial charge in [0.15, 0.2) is 0 Å². The summed E-state index contributed by atoms with van der Waals surface area (Å²) in [6.07, 6.45) is 1.82. The summed E-state index contributed by atoms with van der Waals surface area (Å²) in [6, 6.07) is 16.9. The molecule has 0 saturated heterocycles. The Bertz CT molecular complexity index is 780. The number of nitrogens with zero attached hydrogens (tertiary/aromatic N) is 1. The minimum Gasteiger partial charge on any atom is -0.478 e. The molecule has 1 heterocycles. The molecule has 23 heavy (non-hydrogen) atoms. The van der Waals surface area contributed by atoms with Crippen molar-refractivity contribution in [3.05, 3.63) is 77.5 Å². The van der Waals surface area contributed by atoms with Crippen LogP contribution in [0.4, 0.5) is 0 Å². The van der Waals surface area contributed by atoms with Crippen LogP contribution in [0.3, 0.4) is 0 Å². The van der Waals surface area contributed by atoms with E-state index in [0.29, 0.717) is 18.7 Å². The number of aromatic carboxylic acids is 1. The summed E-state index contributed by atoms with van der Waals surface area (Å²) in [6.45, 7) is 1.35. The van der Waals surface area contributed by atoms with E-state index in [1.54, 1.807) is 12.1 Å². The van der Waals surface area contributed by atoms with Gasteiger partial charge in [-0.1, -0.05) is 42.5 Å². The summed E-state index contributed by atoms with van der Waals surface area (Å²) in [5.74, 6) is -0.907. The van der Waals surface area contributed by atoms with Gasteiger partial charge in [-0.2, -0.15) is 5.10 Å². The lowest BCUT2D eigenvalue weighted by molar-refractivity contribution is 0.0697. The molecule has 0 radical (unpaired) electrons. The van der Waals surface area contributed by atoms with Gasteiger partial charge in [-0.05, 0) is 23.3 Å². The van der Waals surface area contributed by atoms with E-state index >= 15 is 0 Å². The minimum absolute atomic E-state index is 0.301. The van der Waals surface area contributed by atoms with Gasteiger partial charge < -0.3 is 10.4 Å². The van der Waals surface area contributed by atoms with Crippen LogP contribution in [0.2, 0.25) is 0 Å². The number of benzene rings is 2. The number of hydrogen-bond acceptors (Lipinski definition) is 3. The molecular formula is C18H17N3O2. The van der Waals surface area contributed by atoms with Crippen LogP contribution in [-0.4, -0.2) is 21.3 Å². The Kier molecular flexibility index (Phi) is 4.49. The molecule has 5 nitrogen and oxygen atoms in total. The molecule has 0 aliphatic rings. The van der Waals surface area contributed by atoms with Crippen molar-refractivity contribution >= 4 is 5.97 Å². The second kappa shape index (κ2) is 6.89. The quantitative estimate of drug-likeness (QED) is 0.654. The molecule has 5 heteroatoms. The van der Waals surface area contributed by atoms with Crippen molar-refractivity contribution in [3.63, 3.8) is 0 Å². The fraction of sp³-hybridized carbons (Fsp3) is 0.111. The standard InChI is InChI=1S/C18H17N3O2/c22-18(23)15-8-6-13(7-9-15)10-19-11-16-12-20-21-17(16)14-4-2-1-3-5-14/h1-9,12,19H,10-11H2,(H,20,21)(H,22,23). The number of nitrogens with one attached hydrogen (secondary N) is 2. The predicted octanol–water partition coefficient (Wildman–Crippen LogP) is 3.06. The maximum atomic E-state index is 10.8. The van der Waals surface area contributed by atoms with E-state index in [9.17, 15) is 4.79 Å². The summed E-state index contributed by atoms with van der Waals surface area (Å²) >= 11 is 0. The van der Waals surface area contributed by atoms with Crippen LogP contribution >= 0.6 is 0 Å². The number of hydrogen-bond donors (Lipinski definition) is 3. The van der Waals surface area contributed by atoms with E-state index in [2.05, 4.69) is 15.5 Å². The van der Waals surface area contributed by atoms with E-state index < -0.39 is 5.97 Å². The zero-order valence-corrected chi connectivity index (χ0v) is 12.5. The SMILES string of the molecule is O=C(O)c1ccc(CNCc2cn[nH]c2-c2ccccc2)cc1. The maximum Gasteiger partial charge on any atom is 0.335 e. The van der Waals surface area contributed by atoms with Gasteiger partial charge >= 0.3 is 5.97 Å². The summed E-state index contributed by atoms with van der Waals surface area (Å²) < 4.78 is 0. The van der Waals surface area contributed by atoms with Gasteiger partial charge in [0.2, 0.25) is 0 Å². The van der Waals surface area contributed by atoms with Crippen molar-refractivity contribution in [1.82, 2.24) is 15.5 Å². The van der Waals surface area contributed by atoms with E-state index in [1.165, 1.54) is 0 Å². The van der Waals surface area contributed by atoms with Gasteiger partial charge in [-0.3, -0.25) is 5.10 Å². The van der Waals surface area contributed by atoms with Gasteiger partial charge in [0.25, 0.3) is 0 Å². The van der Waals surface area contributed by atoms with Crippen LogP contribution in [0.5, 0.6) is 0 Å². The third-order valence-corrected chi connectivity index (χ3v) is 3.63. The lowest BCUT2D eigenvalue weighted by Crippen LogP contribution is -2.13. The number of aromatic nitrogens is 2. The molecule has 0 unspecified atom stereocenters. The topological polar surface area (TPSA) is 78.0 Å². The molecule has 0 amide bonds. The average Bonchev–Trinajstić information content (AvgIpc) is 3.05. The van der Waals surface area contributed by atoms with Crippen molar-refractivity contribution in [1.29, 1.82) is 0 Å². The average molecular weight is 307 g/mol. The molecule has 0 saturated carbocycles. The van der Waals surface area contributed by atoms with Crippen LogP contribution < -0.4 is 5.32 Å². The van der Waals surface area contributed by atoms with Gasteiger partial charge in [0.1, 0.15) is 0 Å². The molecule has 3 aromatic rings. The van der Waals surface area contributed by atoms with Gasteiger partial charge in [0, 0.05) is 18.7 Å². The van der Waals surface area contributed by atoms with E-state index in [1.807, 2.05) is 48.7 Å². The lowest BCUT2D eigenvalue weighted by Gasteiger charge is -2.06. The number of carboxylic acids is 1. The van der Waals surface area contributed by atoms with Crippen molar-refractivity contribution in [2.45, 2.75) is 13.1 Å². The number of carbonyl (C=O) groups is 1. The van der Waals surface area contributed by atoms with Gasteiger partial charge in [0.05, 0.1) is 17.5 Å². The highest BCUT2D eigenvalue weighted by molar-refractivity contribution is 5.87. The second-order valence-electron chi connectivity index (χ2n) is 5.24. The highest BCUT2D eigenvalue weighted by Gasteiger charge is 2.07. The number of carboxylic acid groups (broad SMARTS) is 1. The first kappa shape index (κ1) is 15.0. The molecule has 3 rings (SSSR count). The van der Waals surface area contributed by atoms with Crippen molar-refractivity contribution in [2.24, 2.45) is 0 Å². The first-order chi connectivity index (χ1) is 11.2. The summed E-state index contributed by atoms with van der Waals surface area (Å²) in [5.41, 5.74) is 4.56. The highest BCUT2D eigenvalue weighted by Crippen LogP contribution is 2.20. The monoisotopic (exact) mass is 307 g/mol. The molecule has 2 aromatic carbocycles. The molecule has 0 bridgehead atoms. The zero-order valence-electron chi connectivity index (χ0n) is 12.5. The third-order valence-electron chi connectivity index (χ3n) is 3.63. The first-order valence-corrected chi connectivity index (χ1v) is 7.34. The Morgan fingerprint density at radius 3 is 2.48 bits per heavy atom. The largest absolute Gasteiger partial charge is 0.478 e. The smallest absolute Gasteiger partial charge is 0.335 e. The highest BCUT2D eigenvalue weighted by atomic mass is 16.4. The van der Waals surface area contributed by atoms with Crippen molar-refractivity contribution < 1.29 is 9.90 Å². The van der Waals surface area contributed by atoms with Crippen LogP contribution in [0, 0.1) is 0 Å².